The average Bonchev–Trinajstić information content (AvgIpc) is 3.00. The summed E-state index contributed by atoms with van der Waals surface area (Å²) in [6.07, 6.45) is 0.702. The Morgan fingerprint density at radius 3 is 1.78 bits per heavy atom. The van der Waals surface area contributed by atoms with E-state index in [2.05, 4.69) is 17.2 Å². The number of benzene rings is 3. The van der Waals surface area contributed by atoms with Crippen LogP contribution in [0, 0.1) is 0 Å². The molecule has 0 aliphatic rings. The number of phenols is 2. The number of alkyl carbamates (subject to hydrolysis) is 1. The maximum atomic E-state index is 14.5. The molecule has 262 valence electrons. The van der Waals surface area contributed by atoms with Gasteiger partial charge >= 0.3 is 12.1 Å². The van der Waals surface area contributed by atoms with Crippen LogP contribution in [0.5, 0.6) is 11.5 Å². The maximum Gasteiger partial charge on any atom is 0.408 e. The Morgan fingerprint density at radius 2 is 1.24 bits per heavy atom. The first-order valence-corrected chi connectivity index (χ1v) is 16.0. The third kappa shape index (κ3) is 12.3. The predicted octanol–water partition coefficient (Wildman–Crippen LogP) is 5.36. The Balaban J connectivity index is 2.08. The summed E-state index contributed by atoms with van der Waals surface area (Å²) in [5.41, 5.74) is 0.0145. The van der Waals surface area contributed by atoms with Gasteiger partial charge in [-0.1, -0.05) is 60.7 Å². The van der Waals surface area contributed by atoms with Gasteiger partial charge in [0.15, 0.2) is 0 Å². The lowest BCUT2D eigenvalue weighted by Gasteiger charge is -2.35. The van der Waals surface area contributed by atoms with Gasteiger partial charge < -0.3 is 35.2 Å². The zero-order chi connectivity index (χ0) is 36.4. The van der Waals surface area contributed by atoms with E-state index < -0.39 is 53.2 Å². The summed E-state index contributed by atoms with van der Waals surface area (Å²) in [5, 5.41) is 25.3. The molecule has 0 bridgehead atoms. The number of carbonyl (C=O) groups excluding carboxylic acids is 4. The first-order valence-electron chi connectivity index (χ1n) is 16.0. The summed E-state index contributed by atoms with van der Waals surface area (Å²) in [6, 6.07) is 17.4. The number of amides is 3. The Bertz CT molecular complexity index is 1580. The predicted molar refractivity (Wildman–Crippen MR) is 186 cm³/mol. The quantitative estimate of drug-likeness (QED) is 0.140. The number of nitrogens with one attached hydrogen (secondary N) is 2. The van der Waals surface area contributed by atoms with Crippen molar-refractivity contribution in [1.29, 1.82) is 0 Å². The maximum absolute atomic E-state index is 14.5. The number of aromatic hydroxyl groups is 2. The van der Waals surface area contributed by atoms with Gasteiger partial charge in [0.25, 0.3) is 0 Å². The standard InChI is InChI=1S/C38H47N3O8/c1-8-22-41(34(45)30(40-36(47)49-38(5,6)7)23-26-14-18-28(42)19-15-26)32(27-16-20-29(43)21-17-27)33(44)39-31(35(46)48-37(2,3)4)24-25-12-10-9-11-13-25/h8-21,30-32,42-43H,1,22-24H2,2-7H3,(H,39,44)(H,40,47). The molecule has 49 heavy (non-hydrogen) atoms. The Morgan fingerprint density at radius 1 is 0.735 bits per heavy atom. The number of esters is 1. The largest absolute Gasteiger partial charge is 0.508 e. The number of hydrogen-bond donors (Lipinski definition) is 4. The number of carbonyl (C=O) groups is 4. The first-order chi connectivity index (χ1) is 23.0. The second-order valence-electron chi connectivity index (χ2n) is 13.6. The lowest BCUT2D eigenvalue weighted by Crippen LogP contribution is -2.55. The fourth-order valence-electron chi connectivity index (χ4n) is 4.98. The second-order valence-corrected chi connectivity index (χ2v) is 13.6. The zero-order valence-electron chi connectivity index (χ0n) is 28.9. The minimum Gasteiger partial charge on any atom is -0.508 e. The SMILES string of the molecule is C=CCN(C(=O)C(Cc1ccc(O)cc1)NC(=O)OC(C)(C)C)C(C(=O)NC(Cc1ccccc1)C(=O)OC(C)(C)C)c1ccc(O)cc1. The van der Waals surface area contributed by atoms with Crippen molar-refractivity contribution in [1.82, 2.24) is 15.5 Å². The van der Waals surface area contributed by atoms with Crippen molar-refractivity contribution in [3.8, 4) is 11.5 Å². The van der Waals surface area contributed by atoms with Crippen molar-refractivity contribution < 1.29 is 38.9 Å². The highest BCUT2D eigenvalue weighted by Crippen LogP contribution is 2.26. The highest BCUT2D eigenvalue weighted by atomic mass is 16.6. The molecule has 11 nitrogen and oxygen atoms in total. The number of rotatable bonds is 13. The van der Waals surface area contributed by atoms with Crippen LogP contribution in [0.25, 0.3) is 0 Å². The third-order valence-corrected chi connectivity index (χ3v) is 7.03. The monoisotopic (exact) mass is 673 g/mol. The van der Waals surface area contributed by atoms with Crippen LogP contribution in [0.2, 0.25) is 0 Å². The molecule has 3 atom stereocenters. The van der Waals surface area contributed by atoms with Gasteiger partial charge in [0, 0.05) is 19.4 Å². The van der Waals surface area contributed by atoms with Gasteiger partial charge in [-0.05, 0) is 82.5 Å². The third-order valence-electron chi connectivity index (χ3n) is 7.03. The summed E-state index contributed by atoms with van der Waals surface area (Å²) in [4.78, 5) is 56.6. The van der Waals surface area contributed by atoms with Gasteiger partial charge in [-0.2, -0.15) is 0 Å². The van der Waals surface area contributed by atoms with E-state index in [1.54, 1.807) is 53.7 Å². The fraction of sp³-hybridized carbons (Fsp3) is 0.368. The molecule has 0 saturated heterocycles. The summed E-state index contributed by atoms with van der Waals surface area (Å²) < 4.78 is 11.1. The number of nitrogens with zero attached hydrogens (tertiary/aromatic N) is 1. The van der Waals surface area contributed by atoms with Crippen LogP contribution in [-0.4, -0.2) is 68.8 Å². The minimum absolute atomic E-state index is 0.00947. The minimum atomic E-state index is -1.34. The van der Waals surface area contributed by atoms with Crippen LogP contribution < -0.4 is 10.6 Å². The topological polar surface area (TPSA) is 154 Å². The van der Waals surface area contributed by atoms with Crippen molar-refractivity contribution in [2.24, 2.45) is 0 Å². The van der Waals surface area contributed by atoms with Crippen LogP contribution in [0.4, 0.5) is 4.79 Å². The Labute approximate surface area is 287 Å². The second kappa shape index (κ2) is 16.7. The molecule has 4 N–H and O–H groups in total. The Kier molecular flexibility index (Phi) is 13.0. The van der Waals surface area contributed by atoms with E-state index in [0.29, 0.717) is 11.1 Å². The van der Waals surface area contributed by atoms with E-state index in [-0.39, 0.29) is 30.9 Å². The van der Waals surface area contributed by atoms with E-state index >= 15 is 0 Å². The van der Waals surface area contributed by atoms with Crippen LogP contribution in [0.3, 0.4) is 0 Å². The smallest absolute Gasteiger partial charge is 0.408 e. The van der Waals surface area contributed by atoms with E-state index in [4.69, 9.17) is 9.47 Å². The van der Waals surface area contributed by atoms with Gasteiger partial charge in [0.2, 0.25) is 11.8 Å². The molecule has 0 aliphatic heterocycles. The summed E-state index contributed by atoms with van der Waals surface area (Å²) in [6.45, 7) is 13.9. The van der Waals surface area contributed by atoms with Crippen LogP contribution in [-0.2, 0) is 36.7 Å². The number of phenolic OH excluding ortho intramolecular Hbond substituents is 2. The molecule has 3 amide bonds. The molecule has 0 aromatic heterocycles. The van der Waals surface area contributed by atoms with E-state index in [0.717, 1.165) is 5.56 Å². The molecular weight excluding hydrogens is 626 g/mol. The normalized spacial score (nSPS) is 13.3. The molecule has 11 heteroatoms. The molecule has 3 aromatic rings. The molecule has 0 heterocycles. The number of ether oxygens (including phenoxy) is 2. The molecule has 3 unspecified atom stereocenters. The Hall–Kier alpha value is -5.32. The first kappa shape index (κ1) is 38.1. The van der Waals surface area contributed by atoms with Crippen molar-refractivity contribution in [2.75, 3.05) is 6.54 Å². The van der Waals surface area contributed by atoms with Crippen molar-refractivity contribution in [3.05, 3.63) is 108 Å². The van der Waals surface area contributed by atoms with Gasteiger partial charge in [0.1, 0.15) is 40.8 Å². The highest BCUT2D eigenvalue weighted by Gasteiger charge is 2.38. The van der Waals surface area contributed by atoms with Gasteiger partial charge in [-0.3, -0.25) is 9.59 Å². The summed E-state index contributed by atoms with van der Waals surface area (Å²) in [7, 11) is 0. The summed E-state index contributed by atoms with van der Waals surface area (Å²) in [5.74, 6) is -2.04. The molecule has 3 rings (SSSR count). The van der Waals surface area contributed by atoms with E-state index in [1.165, 1.54) is 47.4 Å². The molecule has 3 aromatic carbocycles. The molecule has 0 spiro atoms. The van der Waals surface area contributed by atoms with Crippen molar-refractivity contribution >= 4 is 23.9 Å². The molecule has 0 radical (unpaired) electrons. The highest BCUT2D eigenvalue weighted by molar-refractivity contribution is 5.94. The van der Waals surface area contributed by atoms with E-state index in [1.807, 2.05) is 30.3 Å². The zero-order valence-corrected chi connectivity index (χ0v) is 28.9. The fourth-order valence-corrected chi connectivity index (χ4v) is 4.98. The number of hydrogen-bond acceptors (Lipinski definition) is 8. The van der Waals surface area contributed by atoms with Crippen LogP contribution in [0.15, 0.2) is 91.5 Å². The van der Waals surface area contributed by atoms with Crippen molar-refractivity contribution in [2.45, 2.75) is 83.7 Å². The lowest BCUT2D eigenvalue weighted by molar-refractivity contribution is -0.159. The molecular formula is C38H47N3O8. The van der Waals surface area contributed by atoms with Gasteiger partial charge in [0.05, 0.1) is 0 Å². The van der Waals surface area contributed by atoms with Crippen LogP contribution in [0.1, 0.15) is 64.3 Å². The van der Waals surface area contributed by atoms with Gasteiger partial charge in [-0.15, -0.1) is 6.58 Å². The van der Waals surface area contributed by atoms with E-state index in [9.17, 15) is 29.4 Å². The lowest BCUT2D eigenvalue weighted by atomic mass is 9.99. The average molecular weight is 674 g/mol. The summed E-state index contributed by atoms with van der Waals surface area (Å²) >= 11 is 0. The molecule has 0 aliphatic carbocycles. The molecule has 0 saturated carbocycles. The molecule has 0 fully saturated rings. The van der Waals surface area contributed by atoms with Crippen molar-refractivity contribution in [3.63, 3.8) is 0 Å². The van der Waals surface area contributed by atoms with Gasteiger partial charge in [-0.25, -0.2) is 9.59 Å². The van der Waals surface area contributed by atoms with Crippen LogP contribution >= 0.6 is 0 Å².